The summed E-state index contributed by atoms with van der Waals surface area (Å²) in [5.41, 5.74) is 2.20. The number of hydrogen-bond acceptors (Lipinski definition) is 3. The van der Waals surface area contributed by atoms with Crippen molar-refractivity contribution < 1.29 is 4.79 Å². The second-order valence-corrected chi connectivity index (χ2v) is 6.84. The molecule has 1 fully saturated rings. The van der Waals surface area contributed by atoms with Crippen molar-refractivity contribution in [2.24, 2.45) is 0 Å². The van der Waals surface area contributed by atoms with Gasteiger partial charge in [-0.15, -0.1) is 0 Å². The van der Waals surface area contributed by atoms with Crippen molar-refractivity contribution in [3.8, 4) is 0 Å². The van der Waals surface area contributed by atoms with Crippen molar-refractivity contribution in [3.05, 3.63) is 53.9 Å². The van der Waals surface area contributed by atoms with E-state index < -0.39 is 0 Å². The van der Waals surface area contributed by atoms with Crippen LogP contribution < -0.4 is 0 Å². The average molecular weight is 326 g/mol. The Kier molecular flexibility index (Phi) is 5.00. The van der Waals surface area contributed by atoms with Gasteiger partial charge in [0.2, 0.25) is 5.91 Å². The second kappa shape index (κ2) is 7.18. The van der Waals surface area contributed by atoms with Gasteiger partial charge < -0.3 is 4.90 Å². The summed E-state index contributed by atoms with van der Waals surface area (Å²) >= 11 is 0. The molecule has 1 aromatic carbocycles. The number of carbonyl (C=O) groups excluding carboxylic acids is 1. The van der Waals surface area contributed by atoms with E-state index in [4.69, 9.17) is 0 Å². The Labute approximate surface area is 143 Å². The van der Waals surface area contributed by atoms with Gasteiger partial charge in [-0.1, -0.05) is 30.3 Å². The van der Waals surface area contributed by atoms with Crippen LogP contribution in [0, 0.1) is 6.92 Å². The molecule has 2 aromatic rings. The number of carbonyl (C=O) groups is 1. The first-order chi connectivity index (χ1) is 11.6. The molecule has 128 valence electrons. The van der Waals surface area contributed by atoms with Crippen LogP contribution in [-0.2, 0) is 11.3 Å². The van der Waals surface area contributed by atoms with Gasteiger partial charge in [0.25, 0.3) is 0 Å². The number of amides is 1. The van der Waals surface area contributed by atoms with E-state index in [1.165, 1.54) is 0 Å². The minimum atomic E-state index is -0.230. The third kappa shape index (κ3) is 3.51. The molecule has 0 aliphatic carbocycles. The summed E-state index contributed by atoms with van der Waals surface area (Å²) in [6.45, 7) is 3.65. The van der Waals surface area contributed by atoms with Crippen LogP contribution >= 0.6 is 0 Å². The van der Waals surface area contributed by atoms with E-state index in [1.54, 1.807) is 0 Å². The minimum Gasteiger partial charge on any atom is -0.336 e. The third-order valence-corrected chi connectivity index (χ3v) is 4.69. The zero-order valence-corrected chi connectivity index (χ0v) is 14.7. The Morgan fingerprint density at radius 3 is 2.71 bits per heavy atom. The number of rotatable bonds is 5. The summed E-state index contributed by atoms with van der Waals surface area (Å²) in [5.74, 6) is 0.192. The maximum absolute atomic E-state index is 13.2. The van der Waals surface area contributed by atoms with Gasteiger partial charge in [-0.3, -0.25) is 14.4 Å². The summed E-state index contributed by atoms with van der Waals surface area (Å²) in [6.07, 6.45) is 6.01. The predicted octanol–water partition coefficient (Wildman–Crippen LogP) is 2.49. The number of likely N-dealkylation sites (N-methyl/N-ethyl adjacent to an activating group) is 1. The Hall–Kier alpha value is -2.14. The summed E-state index contributed by atoms with van der Waals surface area (Å²) in [7, 11) is 3.94. The normalized spacial score (nSPS) is 19.0. The van der Waals surface area contributed by atoms with Crippen molar-refractivity contribution in [2.45, 2.75) is 38.4 Å². The van der Waals surface area contributed by atoms with Crippen LogP contribution in [0.1, 0.15) is 30.0 Å². The molecule has 1 saturated heterocycles. The van der Waals surface area contributed by atoms with E-state index in [0.717, 1.165) is 37.1 Å². The molecule has 0 bridgehead atoms. The van der Waals surface area contributed by atoms with E-state index in [9.17, 15) is 4.79 Å². The zero-order chi connectivity index (χ0) is 17.1. The molecule has 2 heterocycles. The highest BCUT2D eigenvalue weighted by atomic mass is 16.2. The largest absolute Gasteiger partial charge is 0.336 e. The molecule has 1 aliphatic rings. The Bertz CT molecular complexity index is 680. The lowest BCUT2D eigenvalue weighted by molar-refractivity contribution is -0.137. The first-order valence-electron chi connectivity index (χ1n) is 8.57. The summed E-state index contributed by atoms with van der Waals surface area (Å²) < 4.78 is 1.96. The number of aryl methyl sites for hydroxylation is 1. The van der Waals surface area contributed by atoms with Gasteiger partial charge in [-0.2, -0.15) is 5.10 Å². The van der Waals surface area contributed by atoms with Crippen LogP contribution in [0.5, 0.6) is 0 Å². The predicted molar refractivity (Wildman–Crippen MR) is 94.6 cm³/mol. The van der Waals surface area contributed by atoms with Crippen molar-refractivity contribution in [1.29, 1.82) is 0 Å². The highest BCUT2D eigenvalue weighted by Gasteiger charge is 2.35. The first kappa shape index (κ1) is 16.7. The molecule has 0 N–H and O–H groups in total. The quantitative estimate of drug-likeness (QED) is 0.848. The van der Waals surface area contributed by atoms with Gasteiger partial charge in [0, 0.05) is 12.7 Å². The molecule has 0 unspecified atom stereocenters. The zero-order valence-electron chi connectivity index (χ0n) is 14.7. The van der Waals surface area contributed by atoms with E-state index >= 15 is 0 Å². The van der Waals surface area contributed by atoms with E-state index in [1.807, 2.05) is 73.3 Å². The summed E-state index contributed by atoms with van der Waals surface area (Å²) in [5, 5.41) is 4.38. The first-order valence-corrected chi connectivity index (χ1v) is 8.57. The van der Waals surface area contributed by atoms with Crippen LogP contribution in [-0.4, -0.2) is 52.2 Å². The summed E-state index contributed by atoms with van der Waals surface area (Å²) in [6, 6.07) is 10.0. The number of aromatic nitrogens is 2. The van der Waals surface area contributed by atoms with Gasteiger partial charge >= 0.3 is 0 Å². The average Bonchev–Trinajstić information content (AvgIpc) is 3.17. The second-order valence-electron chi connectivity index (χ2n) is 6.84. The van der Waals surface area contributed by atoms with Crippen LogP contribution in [0.3, 0.4) is 0 Å². The molecule has 5 nitrogen and oxygen atoms in total. The molecular formula is C19H26N4O. The molecule has 5 heteroatoms. The molecule has 1 aliphatic heterocycles. The van der Waals surface area contributed by atoms with Gasteiger partial charge in [-0.25, -0.2) is 0 Å². The highest BCUT2D eigenvalue weighted by Crippen LogP contribution is 2.27. The molecule has 2 atom stereocenters. The fraction of sp³-hybridized carbons (Fsp3) is 0.474. The van der Waals surface area contributed by atoms with Crippen molar-refractivity contribution in [1.82, 2.24) is 19.6 Å². The number of likely N-dealkylation sites (tertiary alicyclic amines) is 1. The number of nitrogens with zero attached hydrogens (tertiary/aromatic N) is 4. The molecule has 24 heavy (non-hydrogen) atoms. The molecule has 0 saturated carbocycles. The van der Waals surface area contributed by atoms with E-state index in [2.05, 4.69) is 10.00 Å². The Morgan fingerprint density at radius 1 is 1.33 bits per heavy atom. The summed E-state index contributed by atoms with van der Waals surface area (Å²) in [4.78, 5) is 17.3. The monoisotopic (exact) mass is 326 g/mol. The fourth-order valence-corrected chi connectivity index (χ4v) is 3.55. The lowest BCUT2D eigenvalue weighted by Crippen LogP contribution is -2.44. The number of benzene rings is 1. The van der Waals surface area contributed by atoms with Gasteiger partial charge in [0.15, 0.2) is 0 Å². The maximum atomic E-state index is 13.2. The van der Waals surface area contributed by atoms with E-state index in [0.29, 0.717) is 0 Å². The molecular weight excluding hydrogens is 300 g/mol. The van der Waals surface area contributed by atoms with Gasteiger partial charge in [-0.05, 0) is 45.0 Å². The van der Waals surface area contributed by atoms with Crippen LogP contribution in [0.4, 0.5) is 0 Å². The lowest BCUT2D eigenvalue weighted by atomic mass is 10.0. The lowest BCUT2D eigenvalue weighted by Gasteiger charge is -2.32. The Morgan fingerprint density at radius 2 is 2.08 bits per heavy atom. The standard InChI is InChI=1S/C19H26N4O/c1-15-12-20-22(13-15)14-17-10-7-11-23(17)19(24)18(21(2)3)16-8-5-4-6-9-16/h4-6,8-9,12-13,17-18H,7,10-11,14H2,1-3H3/t17-,18-/m0/s1. The number of hydrogen-bond donors (Lipinski definition) is 0. The topological polar surface area (TPSA) is 41.4 Å². The molecule has 1 aromatic heterocycles. The SMILES string of the molecule is Cc1cnn(C[C@@H]2CCCN2C(=O)[C@H](c2ccccc2)N(C)C)c1. The van der Waals surface area contributed by atoms with Crippen molar-refractivity contribution in [2.75, 3.05) is 20.6 Å². The van der Waals surface area contributed by atoms with Crippen molar-refractivity contribution >= 4 is 5.91 Å². The maximum Gasteiger partial charge on any atom is 0.244 e. The Balaban J connectivity index is 1.78. The minimum absolute atomic E-state index is 0.192. The van der Waals surface area contributed by atoms with Gasteiger partial charge in [0.1, 0.15) is 6.04 Å². The van der Waals surface area contributed by atoms with Gasteiger partial charge in [0.05, 0.1) is 18.8 Å². The van der Waals surface area contributed by atoms with Crippen molar-refractivity contribution in [3.63, 3.8) is 0 Å². The smallest absolute Gasteiger partial charge is 0.244 e. The highest BCUT2D eigenvalue weighted by molar-refractivity contribution is 5.83. The van der Waals surface area contributed by atoms with E-state index in [-0.39, 0.29) is 18.0 Å². The third-order valence-electron chi connectivity index (χ3n) is 4.69. The van der Waals surface area contributed by atoms with Crippen LogP contribution in [0.15, 0.2) is 42.7 Å². The van der Waals surface area contributed by atoms with Crippen LogP contribution in [0.25, 0.3) is 0 Å². The van der Waals surface area contributed by atoms with Crippen LogP contribution in [0.2, 0.25) is 0 Å². The molecule has 0 spiro atoms. The molecule has 0 radical (unpaired) electrons. The molecule has 3 rings (SSSR count). The molecule has 1 amide bonds. The fourth-order valence-electron chi connectivity index (χ4n) is 3.55.